The van der Waals surface area contributed by atoms with E-state index >= 15 is 0 Å². The number of aryl methyl sites for hydroxylation is 1. The average Bonchev–Trinajstić information content (AvgIpc) is 2.48. The van der Waals surface area contributed by atoms with Gasteiger partial charge in [-0.25, -0.2) is 0 Å². The zero-order valence-electron chi connectivity index (χ0n) is 13.1. The summed E-state index contributed by atoms with van der Waals surface area (Å²) in [6.07, 6.45) is 0.915. The van der Waals surface area contributed by atoms with E-state index in [9.17, 15) is 0 Å². The van der Waals surface area contributed by atoms with Crippen molar-refractivity contribution in [3.8, 4) is 0 Å². The van der Waals surface area contributed by atoms with Crippen molar-refractivity contribution in [2.75, 3.05) is 32.1 Å². The second-order valence-corrected chi connectivity index (χ2v) is 5.89. The molecule has 0 saturated carbocycles. The number of hydrogen-bond acceptors (Lipinski definition) is 3. The Bertz CT molecular complexity index is 406. The van der Waals surface area contributed by atoms with Crippen molar-refractivity contribution < 1.29 is 4.74 Å². The molecular weight excluding hydrogens is 282 g/mol. The van der Waals surface area contributed by atoms with Gasteiger partial charge in [0.05, 0.1) is 0 Å². The van der Waals surface area contributed by atoms with E-state index in [2.05, 4.69) is 41.5 Å². The second-order valence-electron chi connectivity index (χ2n) is 4.78. The van der Waals surface area contributed by atoms with Crippen molar-refractivity contribution in [3.05, 3.63) is 35.4 Å². The highest BCUT2D eigenvalue weighted by molar-refractivity contribution is 7.98. The number of benzene rings is 1. The quantitative estimate of drug-likeness (QED) is 0.396. The van der Waals surface area contributed by atoms with Crippen molar-refractivity contribution in [1.82, 2.24) is 5.32 Å². The number of nitrogens with two attached hydrogens (primary N) is 1. The third kappa shape index (κ3) is 9.37. The lowest BCUT2D eigenvalue weighted by Crippen LogP contribution is -2.33. The summed E-state index contributed by atoms with van der Waals surface area (Å²) >= 11 is 1.90. The summed E-state index contributed by atoms with van der Waals surface area (Å²) < 4.78 is 5.24. The molecular formula is C16H27N3OS. The van der Waals surface area contributed by atoms with Crippen LogP contribution in [0.15, 0.2) is 29.3 Å². The van der Waals surface area contributed by atoms with Crippen LogP contribution < -0.4 is 11.1 Å². The molecule has 1 aromatic carbocycles. The van der Waals surface area contributed by atoms with E-state index in [1.807, 2.05) is 18.7 Å². The fourth-order valence-corrected chi connectivity index (χ4v) is 2.51. The first-order chi connectivity index (χ1) is 10.2. The SMILES string of the molecule is CCOCCCN=C(N)NCCSCc1ccc(C)cc1. The highest BCUT2D eigenvalue weighted by atomic mass is 32.2. The van der Waals surface area contributed by atoms with Gasteiger partial charge in [0.25, 0.3) is 0 Å². The van der Waals surface area contributed by atoms with E-state index in [0.717, 1.165) is 44.2 Å². The molecule has 5 heteroatoms. The molecule has 21 heavy (non-hydrogen) atoms. The van der Waals surface area contributed by atoms with Gasteiger partial charge in [-0.1, -0.05) is 29.8 Å². The van der Waals surface area contributed by atoms with Crippen LogP contribution in [0.2, 0.25) is 0 Å². The molecule has 0 bridgehead atoms. The Morgan fingerprint density at radius 3 is 2.81 bits per heavy atom. The Hall–Kier alpha value is -1.20. The number of nitrogens with zero attached hydrogens (tertiary/aromatic N) is 1. The molecule has 1 rings (SSSR count). The lowest BCUT2D eigenvalue weighted by atomic mass is 10.2. The predicted molar refractivity (Wildman–Crippen MR) is 92.9 cm³/mol. The summed E-state index contributed by atoms with van der Waals surface area (Å²) in [6.45, 7) is 7.17. The van der Waals surface area contributed by atoms with E-state index < -0.39 is 0 Å². The first-order valence-corrected chi connectivity index (χ1v) is 8.62. The van der Waals surface area contributed by atoms with Crippen LogP contribution in [0.3, 0.4) is 0 Å². The minimum absolute atomic E-state index is 0.530. The van der Waals surface area contributed by atoms with Crippen LogP contribution in [-0.4, -0.2) is 38.0 Å². The molecule has 0 unspecified atom stereocenters. The summed E-state index contributed by atoms with van der Waals surface area (Å²) in [5.41, 5.74) is 8.46. The summed E-state index contributed by atoms with van der Waals surface area (Å²) in [4.78, 5) is 4.26. The molecule has 0 atom stereocenters. The second kappa shape index (κ2) is 11.5. The number of aliphatic imine (C=N–C) groups is 1. The van der Waals surface area contributed by atoms with Gasteiger partial charge in [0, 0.05) is 37.8 Å². The Labute approximate surface area is 132 Å². The maximum Gasteiger partial charge on any atom is 0.188 e. The standard InChI is InChI=1S/C16H27N3OS/c1-3-20-11-4-9-18-16(17)19-10-12-21-13-15-7-5-14(2)6-8-15/h5-8H,3-4,9-13H2,1-2H3,(H3,17,18,19). The maximum absolute atomic E-state index is 5.79. The van der Waals surface area contributed by atoms with Crippen LogP contribution in [0, 0.1) is 6.92 Å². The minimum atomic E-state index is 0.530. The van der Waals surface area contributed by atoms with Crippen LogP contribution in [0.25, 0.3) is 0 Å². The van der Waals surface area contributed by atoms with Crippen molar-refractivity contribution in [1.29, 1.82) is 0 Å². The number of hydrogen-bond donors (Lipinski definition) is 2. The Morgan fingerprint density at radius 1 is 1.33 bits per heavy atom. The minimum Gasteiger partial charge on any atom is -0.382 e. The highest BCUT2D eigenvalue weighted by Gasteiger charge is 1.95. The Kier molecular flexibility index (Phi) is 9.74. The molecule has 3 N–H and O–H groups in total. The van der Waals surface area contributed by atoms with Gasteiger partial charge in [0.2, 0.25) is 0 Å². The molecule has 0 spiro atoms. The zero-order valence-corrected chi connectivity index (χ0v) is 13.9. The number of nitrogens with one attached hydrogen (secondary N) is 1. The first kappa shape index (κ1) is 17.9. The van der Waals surface area contributed by atoms with Crippen molar-refractivity contribution in [2.45, 2.75) is 26.0 Å². The molecule has 0 radical (unpaired) electrons. The third-order valence-electron chi connectivity index (χ3n) is 2.87. The molecule has 0 aromatic heterocycles. The van der Waals surface area contributed by atoms with Crippen LogP contribution in [0.1, 0.15) is 24.5 Å². The summed E-state index contributed by atoms with van der Waals surface area (Å²) in [5, 5.41) is 3.14. The predicted octanol–water partition coefficient (Wildman–Crippen LogP) is 2.56. The van der Waals surface area contributed by atoms with Gasteiger partial charge in [-0.05, 0) is 25.8 Å². The van der Waals surface area contributed by atoms with Gasteiger partial charge < -0.3 is 15.8 Å². The van der Waals surface area contributed by atoms with Gasteiger partial charge in [-0.3, -0.25) is 4.99 Å². The van der Waals surface area contributed by atoms with Crippen LogP contribution in [0.4, 0.5) is 0 Å². The summed E-state index contributed by atoms with van der Waals surface area (Å²) in [5.74, 6) is 2.58. The van der Waals surface area contributed by atoms with Gasteiger partial charge >= 0.3 is 0 Å². The number of rotatable bonds is 10. The molecule has 118 valence electrons. The summed E-state index contributed by atoms with van der Waals surface area (Å²) in [7, 11) is 0. The average molecular weight is 309 g/mol. The molecule has 0 aliphatic carbocycles. The van der Waals surface area contributed by atoms with Crippen molar-refractivity contribution in [3.63, 3.8) is 0 Å². The van der Waals surface area contributed by atoms with Crippen molar-refractivity contribution >= 4 is 17.7 Å². The molecule has 0 fully saturated rings. The van der Waals surface area contributed by atoms with E-state index in [1.165, 1.54) is 11.1 Å². The van der Waals surface area contributed by atoms with Crippen molar-refractivity contribution in [2.24, 2.45) is 10.7 Å². The van der Waals surface area contributed by atoms with E-state index in [-0.39, 0.29) is 0 Å². The largest absolute Gasteiger partial charge is 0.382 e. The zero-order chi connectivity index (χ0) is 15.3. The number of ether oxygens (including phenoxy) is 1. The van der Waals surface area contributed by atoms with E-state index in [4.69, 9.17) is 10.5 Å². The normalized spacial score (nSPS) is 11.6. The molecule has 1 aromatic rings. The lowest BCUT2D eigenvalue weighted by Gasteiger charge is -2.06. The lowest BCUT2D eigenvalue weighted by molar-refractivity contribution is 0.146. The van der Waals surface area contributed by atoms with Crippen LogP contribution in [-0.2, 0) is 10.5 Å². The summed E-state index contributed by atoms with van der Waals surface area (Å²) in [6, 6.07) is 8.68. The maximum atomic E-state index is 5.79. The van der Waals surface area contributed by atoms with Gasteiger partial charge in [-0.2, -0.15) is 11.8 Å². The fourth-order valence-electron chi connectivity index (χ4n) is 1.69. The molecule has 0 aliphatic heterocycles. The highest BCUT2D eigenvalue weighted by Crippen LogP contribution is 2.12. The number of guanidine groups is 1. The molecule has 0 amide bonds. The van der Waals surface area contributed by atoms with Gasteiger partial charge in [0.1, 0.15) is 0 Å². The van der Waals surface area contributed by atoms with Gasteiger partial charge in [-0.15, -0.1) is 0 Å². The van der Waals surface area contributed by atoms with E-state index in [1.54, 1.807) is 0 Å². The Balaban J connectivity index is 2.02. The smallest absolute Gasteiger partial charge is 0.188 e. The Morgan fingerprint density at radius 2 is 2.10 bits per heavy atom. The molecule has 0 aliphatic rings. The topological polar surface area (TPSA) is 59.6 Å². The van der Waals surface area contributed by atoms with Gasteiger partial charge in [0.15, 0.2) is 5.96 Å². The monoisotopic (exact) mass is 309 g/mol. The third-order valence-corrected chi connectivity index (χ3v) is 3.91. The fraction of sp³-hybridized carbons (Fsp3) is 0.562. The first-order valence-electron chi connectivity index (χ1n) is 7.47. The van der Waals surface area contributed by atoms with Crippen LogP contribution >= 0.6 is 11.8 Å². The molecule has 0 heterocycles. The molecule has 4 nitrogen and oxygen atoms in total. The van der Waals surface area contributed by atoms with Crippen LogP contribution in [0.5, 0.6) is 0 Å². The number of thioether (sulfide) groups is 1. The molecule has 0 saturated heterocycles. The van der Waals surface area contributed by atoms with E-state index in [0.29, 0.717) is 5.96 Å².